The number of fused-ring (bicyclic) bond motifs is 1. The van der Waals surface area contributed by atoms with E-state index in [1.165, 1.54) is 18.4 Å². The summed E-state index contributed by atoms with van der Waals surface area (Å²) in [6.45, 7) is 0. The van der Waals surface area contributed by atoms with Crippen molar-refractivity contribution in [3.8, 4) is 0 Å². The van der Waals surface area contributed by atoms with Crippen LogP contribution in [0.1, 0.15) is 27.7 Å². The highest BCUT2D eigenvalue weighted by molar-refractivity contribution is 6.30. The number of anilines is 2. The minimum absolute atomic E-state index is 0.113. The molecule has 1 aliphatic rings. The number of furan rings is 1. The molecule has 31 heavy (non-hydrogen) atoms. The number of nitrogens with one attached hydrogen (secondary N) is 2. The number of halogens is 2. The average Bonchev–Trinajstić information content (AvgIpc) is 3.44. The summed E-state index contributed by atoms with van der Waals surface area (Å²) in [5, 5.41) is 10.9. The molecule has 7 nitrogen and oxygen atoms in total. The summed E-state index contributed by atoms with van der Waals surface area (Å²) >= 11 is 6.02. The van der Waals surface area contributed by atoms with Gasteiger partial charge in [-0.1, -0.05) is 35.9 Å². The molecule has 9 heteroatoms. The monoisotopic (exact) mass is 435 g/mol. The molecule has 0 bridgehead atoms. The molecule has 0 aliphatic carbocycles. The van der Waals surface area contributed by atoms with Gasteiger partial charge in [-0.05, 0) is 53.6 Å². The Morgan fingerprint density at radius 1 is 1.13 bits per heavy atom. The molecule has 0 fully saturated rings. The van der Waals surface area contributed by atoms with Gasteiger partial charge in [0.1, 0.15) is 11.9 Å². The summed E-state index contributed by atoms with van der Waals surface area (Å²) in [5.41, 5.74) is 2.49. The van der Waals surface area contributed by atoms with Crippen molar-refractivity contribution in [3.05, 3.63) is 101 Å². The van der Waals surface area contributed by atoms with E-state index in [0.717, 1.165) is 16.8 Å². The zero-order chi connectivity index (χ0) is 21.4. The van der Waals surface area contributed by atoms with Crippen LogP contribution in [0.3, 0.4) is 0 Å². The summed E-state index contributed by atoms with van der Waals surface area (Å²) in [6.07, 6.45) is 3.37. The molecule has 1 atom stereocenters. The number of hydrogen-bond donors (Lipinski definition) is 2. The van der Waals surface area contributed by atoms with Crippen LogP contribution in [0.15, 0.2) is 77.4 Å². The van der Waals surface area contributed by atoms with Gasteiger partial charge in [-0.15, -0.1) is 5.10 Å². The van der Waals surface area contributed by atoms with E-state index in [-0.39, 0.29) is 23.6 Å². The maximum atomic E-state index is 13.5. The van der Waals surface area contributed by atoms with Gasteiger partial charge in [-0.25, -0.2) is 9.07 Å². The standard InChI is InChI=1S/C22H15ClFN5O2/c23-15-7-3-13(4-8-15)17-12-18(14-5-9-16(24)10-6-14)29-22(25-17)27-21(28-29)26-20(30)19-2-1-11-31-19/h1-12,18H,(H2,25,26,27,28,30)/t18-/m0/s1. The fraction of sp³-hybridized carbons (Fsp3) is 0.0455. The smallest absolute Gasteiger partial charge is 0.293 e. The third-order valence-corrected chi connectivity index (χ3v) is 5.05. The minimum atomic E-state index is -0.461. The van der Waals surface area contributed by atoms with Crippen molar-refractivity contribution >= 4 is 35.1 Å². The maximum absolute atomic E-state index is 13.5. The minimum Gasteiger partial charge on any atom is -0.459 e. The van der Waals surface area contributed by atoms with Gasteiger partial charge in [0.25, 0.3) is 11.9 Å². The van der Waals surface area contributed by atoms with Gasteiger partial charge in [0.2, 0.25) is 5.95 Å². The number of carbonyl (C=O) groups is 1. The number of nitrogens with zero attached hydrogens (tertiary/aromatic N) is 3. The van der Waals surface area contributed by atoms with E-state index >= 15 is 0 Å². The Labute approximate surface area is 181 Å². The SMILES string of the molecule is O=C(Nc1nc2n(n1)[C@H](c1ccc(F)cc1)C=C(c1ccc(Cl)cc1)N2)c1ccco1. The number of allylic oxidation sites excluding steroid dienone is 1. The van der Waals surface area contributed by atoms with Crippen LogP contribution in [0, 0.1) is 5.82 Å². The molecule has 0 radical (unpaired) electrons. The topological polar surface area (TPSA) is 85.0 Å². The second kappa shape index (κ2) is 7.73. The van der Waals surface area contributed by atoms with E-state index in [1.54, 1.807) is 41.1 Å². The fourth-order valence-corrected chi connectivity index (χ4v) is 3.44. The zero-order valence-corrected chi connectivity index (χ0v) is 16.7. The maximum Gasteiger partial charge on any atom is 0.293 e. The van der Waals surface area contributed by atoms with E-state index in [0.29, 0.717) is 11.0 Å². The zero-order valence-electron chi connectivity index (χ0n) is 15.9. The Balaban J connectivity index is 1.53. The number of carbonyl (C=O) groups excluding carboxylic acids is 1. The largest absolute Gasteiger partial charge is 0.459 e. The van der Waals surface area contributed by atoms with Crippen LogP contribution in [0.2, 0.25) is 5.02 Å². The Bertz CT molecular complexity index is 1260. The molecule has 154 valence electrons. The van der Waals surface area contributed by atoms with Crippen LogP contribution in [-0.2, 0) is 0 Å². The van der Waals surface area contributed by atoms with Crippen molar-refractivity contribution in [3.63, 3.8) is 0 Å². The average molecular weight is 436 g/mol. The van der Waals surface area contributed by atoms with Crippen molar-refractivity contribution in [2.24, 2.45) is 0 Å². The Hall–Kier alpha value is -3.91. The van der Waals surface area contributed by atoms with Crippen LogP contribution in [0.25, 0.3) is 5.70 Å². The third kappa shape index (κ3) is 3.80. The van der Waals surface area contributed by atoms with Gasteiger partial charge in [-0.3, -0.25) is 10.1 Å². The number of aromatic nitrogens is 3. The van der Waals surface area contributed by atoms with Gasteiger partial charge in [0.05, 0.1) is 6.26 Å². The van der Waals surface area contributed by atoms with E-state index in [4.69, 9.17) is 16.0 Å². The fourth-order valence-electron chi connectivity index (χ4n) is 3.31. The van der Waals surface area contributed by atoms with Gasteiger partial charge in [0.15, 0.2) is 5.76 Å². The highest BCUT2D eigenvalue weighted by atomic mass is 35.5. The quantitative estimate of drug-likeness (QED) is 0.472. The van der Waals surface area contributed by atoms with Crippen molar-refractivity contribution in [2.75, 3.05) is 10.6 Å². The van der Waals surface area contributed by atoms with Crippen LogP contribution in [-0.4, -0.2) is 20.7 Å². The molecule has 1 amide bonds. The molecule has 5 rings (SSSR count). The molecule has 0 spiro atoms. The molecule has 2 N–H and O–H groups in total. The van der Waals surface area contributed by atoms with Gasteiger partial charge in [-0.2, -0.15) is 4.98 Å². The molecule has 0 unspecified atom stereocenters. The van der Waals surface area contributed by atoms with Crippen LogP contribution in [0.4, 0.5) is 16.3 Å². The molecule has 0 saturated heterocycles. The first-order chi connectivity index (χ1) is 15.1. The summed E-state index contributed by atoms with van der Waals surface area (Å²) < 4.78 is 20.2. The Morgan fingerprint density at radius 2 is 1.90 bits per heavy atom. The lowest BCUT2D eigenvalue weighted by atomic mass is 10.0. The molecular formula is C22H15ClFN5O2. The van der Waals surface area contributed by atoms with Crippen LogP contribution >= 0.6 is 11.6 Å². The number of hydrogen-bond acceptors (Lipinski definition) is 5. The molecule has 4 aromatic rings. The lowest BCUT2D eigenvalue weighted by Crippen LogP contribution is -2.20. The summed E-state index contributed by atoms with van der Waals surface area (Å²) in [7, 11) is 0. The second-order valence-electron chi connectivity index (χ2n) is 6.84. The van der Waals surface area contributed by atoms with Crippen molar-refractivity contribution < 1.29 is 13.6 Å². The van der Waals surface area contributed by atoms with Crippen LogP contribution in [0.5, 0.6) is 0 Å². The lowest BCUT2D eigenvalue weighted by Gasteiger charge is -2.24. The molecule has 2 aromatic heterocycles. The first-order valence-corrected chi connectivity index (χ1v) is 9.76. The molecule has 0 saturated carbocycles. The normalized spacial score (nSPS) is 15.0. The molecule has 2 aromatic carbocycles. The summed E-state index contributed by atoms with van der Waals surface area (Å²) in [6, 6.07) is 16.3. The van der Waals surface area contributed by atoms with Gasteiger partial charge >= 0.3 is 0 Å². The van der Waals surface area contributed by atoms with Crippen LogP contribution < -0.4 is 10.6 Å². The summed E-state index contributed by atoms with van der Waals surface area (Å²) in [5.74, 6) is -0.101. The predicted octanol–water partition coefficient (Wildman–Crippen LogP) is 4.97. The van der Waals surface area contributed by atoms with Crippen molar-refractivity contribution in [1.29, 1.82) is 0 Å². The van der Waals surface area contributed by atoms with E-state index in [1.807, 2.05) is 18.2 Å². The highest BCUT2D eigenvalue weighted by Gasteiger charge is 2.26. The van der Waals surface area contributed by atoms with Gasteiger partial charge in [0, 0.05) is 10.7 Å². The first-order valence-electron chi connectivity index (χ1n) is 9.38. The Kier molecular flexibility index (Phi) is 4.76. The number of rotatable bonds is 4. The highest BCUT2D eigenvalue weighted by Crippen LogP contribution is 2.33. The van der Waals surface area contributed by atoms with E-state index in [9.17, 15) is 9.18 Å². The van der Waals surface area contributed by atoms with Crippen molar-refractivity contribution in [2.45, 2.75) is 6.04 Å². The molecular weight excluding hydrogens is 421 g/mol. The molecule has 3 heterocycles. The summed E-state index contributed by atoms with van der Waals surface area (Å²) in [4.78, 5) is 16.7. The number of benzene rings is 2. The van der Waals surface area contributed by atoms with E-state index < -0.39 is 5.91 Å². The first kappa shape index (κ1) is 19.1. The predicted molar refractivity (Wildman–Crippen MR) is 114 cm³/mol. The third-order valence-electron chi connectivity index (χ3n) is 4.80. The second-order valence-corrected chi connectivity index (χ2v) is 7.28. The molecule has 1 aliphatic heterocycles. The Morgan fingerprint density at radius 3 is 2.61 bits per heavy atom. The van der Waals surface area contributed by atoms with E-state index in [2.05, 4.69) is 20.7 Å². The van der Waals surface area contributed by atoms with Gasteiger partial charge < -0.3 is 9.73 Å². The lowest BCUT2D eigenvalue weighted by molar-refractivity contribution is 0.0995. The van der Waals surface area contributed by atoms with Crippen molar-refractivity contribution in [1.82, 2.24) is 14.8 Å². The number of amides is 1.